The average Bonchev–Trinajstić information content (AvgIpc) is 2.53. The first kappa shape index (κ1) is 23.0. The molecule has 0 unspecified atom stereocenters. The van der Waals surface area contributed by atoms with E-state index < -0.39 is 33.6 Å². The number of amides is 1. The molecule has 0 radical (unpaired) electrons. The SMILES string of the molecule is CC(C)(C)NS(=O)(=O)c1cc(C(=O)Nc2ccccc2OC(F)(F)F)ccc1Cl. The number of rotatable bonds is 5. The molecule has 2 aromatic carbocycles. The minimum absolute atomic E-state index is 0.112. The summed E-state index contributed by atoms with van der Waals surface area (Å²) in [5, 5.41) is 2.16. The van der Waals surface area contributed by atoms with Gasteiger partial charge in [-0.25, -0.2) is 13.1 Å². The number of para-hydroxylation sites is 2. The summed E-state index contributed by atoms with van der Waals surface area (Å²) in [6.07, 6.45) is -4.94. The maximum absolute atomic E-state index is 12.5. The maximum Gasteiger partial charge on any atom is 0.573 e. The fourth-order valence-electron chi connectivity index (χ4n) is 2.29. The Hall–Kier alpha value is -2.30. The van der Waals surface area contributed by atoms with E-state index in [0.29, 0.717) is 0 Å². The van der Waals surface area contributed by atoms with Crippen molar-refractivity contribution in [3.8, 4) is 5.75 Å². The highest BCUT2D eigenvalue weighted by Crippen LogP contribution is 2.31. The van der Waals surface area contributed by atoms with Crippen LogP contribution in [0.4, 0.5) is 18.9 Å². The first-order valence-electron chi connectivity index (χ1n) is 8.18. The third-order valence-corrected chi connectivity index (χ3v) is 5.52. The predicted octanol–water partition coefficient (Wildman–Crippen LogP) is 4.57. The van der Waals surface area contributed by atoms with Crippen LogP contribution in [-0.4, -0.2) is 26.2 Å². The lowest BCUT2D eigenvalue weighted by Gasteiger charge is -2.21. The van der Waals surface area contributed by atoms with Crippen LogP contribution in [-0.2, 0) is 10.0 Å². The van der Waals surface area contributed by atoms with E-state index in [9.17, 15) is 26.4 Å². The smallest absolute Gasteiger partial charge is 0.404 e. The molecule has 1 amide bonds. The fraction of sp³-hybridized carbons (Fsp3) is 0.278. The highest BCUT2D eigenvalue weighted by Gasteiger charge is 2.32. The molecule has 0 aliphatic carbocycles. The van der Waals surface area contributed by atoms with E-state index in [1.165, 1.54) is 30.3 Å². The van der Waals surface area contributed by atoms with Crippen molar-refractivity contribution in [1.82, 2.24) is 4.72 Å². The number of hydrogen-bond donors (Lipinski definition) is 2. The Bertz CT molecular complexity index is 1020. The minimum Gasteiger partial charge on any atom is -0.404 e. The van der Waals surface area contributed by atoms with Gasteiger partial charge in [-0.05, 0) is 51.1 Å². The van der Waals surface area contributed by atoms with E-state index in [2.05, 4.69) is 14.8 Å². The summed E-state index contributed by atoms with van der Waals surface area (Å²) < 4.78 is 68.9. The molecule has 158 valence electrons. The molecule has 6 nitrogen and oxygen atoms in total. The number of ether oxygens (including phenoxy) is 1. The summed E-state index contributed by atoms with van der Waals surface area (Å²) in [4.78, 5) is 12.2. The molecular formula is C18H18ClF3N2O4S. The highest BCUT2D eigenvalue weighted by molar-refractivity contribution is 7.89. The van der Waals surface area contributed by atoms with E-state index in [1.54, 1.807) is 20.8 Å². The molecule has 0 fully saturated rings. The van der Waals surface area contributed by atoms with Gasteiger partial charge in [0.2, 0.25) is 10.0 Å². The Morgan fingerprint density at radius 1 is 1.07 bits per heavy atom. The zero-order valence-electron chi connectivity index (χ0n) is 15.6. The number of nitrogens with one attached hydrogen (secondary N) is 2. The van der Waals surface area contributed by atoms with Crippen LogP contribution in [0.25, 0.3) is 0 Å². The van der Waals surface area contributed by atoms with Gasteiger partial charge in [-0.15, -0.1) is 13.2 Å². The molecule has 0 heterocycles. The molecule has 0 bridgehead atoms. The predicted molar refractivity (Wildman–Crippen MR) is 103 cm³/mol. The molecule has 2 rings (SSSR count). The molecule has 0 saturated carbocycles. The van der Waals surface area contributed by atoms with Crippen molar-refractivity contribution in [2.24, 2.45) is 0 Å². The lowest BCUT2D eigenvalue weighted by atomic mass is 10.1. The summed E-state index contributed by atoms with van der Waals surface area (Å²) in [6.45, 7) is 4.89. The van der Waals surface area contributed by atoms with Crippen molar-refractivity contribution in [3.63, 3.8) is 0 Å². The van der Waals surface area contributed by atoms with Crippen molar-refractivity contribution in [2.45, 2.75) is 37.6 Å². The minimum atomic E-state index is -4.94. The van der Waals surface area contributed by atoms with Crippen LogP contribution in [0.5, 0.6) is 5.75 Å². The van der Waals surface area contributed by atoms with Gasteiger partial charge in [0.25, 0.3) is 5.91 Å². The Morgan fingerprint density at radius 2 is 1.69 bits per heavy atom. The van der Waals surface area contributed by atoms with Crippen LogP contribution in [0.3, 0.4) is 0 Å². The fourth-order valence-corrected chi connectivity index (χ4v) is 4.23. The van der Waals surface area contributed by atoms with E-state index >= 15 is 0 Å². The van der Waals surface area contributed by atoms with E-state index in [-0.39, 0.29) is 21.2 Å². The lowest BCUT2D eigenvalue weighted by Crippen LogP contribution is -2.40. The van der Waals surface area contributed by atoms with Crippen LogP contribution in [0.2, 0.25) is 5.02 Å². The monoisotopic (exact) mass is 450 g/mol. The maximum atomic E-state index is 12.5. The number of benzene rings is 2. The second kappa shape index (κ2) is 8.21. The molecule has 0 aromatic heterocycles. The van der Waals surface area contributed by atoms with Gasteiger partial charge in [-0.2, -0.15) is 0 Å². The normalized spacial score (nSPS) is 12.5. The van der Waals surface area contributed by atoms with Gasteiger partial charge >= 0.3 is 6.36 Å². The number of carbonyl (C=O) groups excluding carboxylic acids is 1. The molecule has 0 atom stereocenters. The van der Waals surface area contributed by atoms with Gasteiger partial charge in [0.05, 0.1) is 10.7 Å². The molecule has 0 aliphatic rings. The van der Waals surface area contributed by atoms with Crippen molar-refractivity contribution in [3.05, 3.63) is 53.1 Å². The van der Waals surface area contributed by atoms with Crippen molar-refractivity contribution >= 4 is 33.2 Å². The summed E-state index contributed by atoms with van der Waals surface area (Å²) >= 11 is 5.98. The summed E-state index contributed by atoms with van der Waals surface area (Å²) in [5.74, 6) is -1.45. The highest BCUT2D eigenvalue weighted by atomic mass is 35.5. The standard InChI is InChI=1S/C18H18ClF3N2O4S/c1-17(2,3)24-29(26,27)15-10-11(8-9-12(15)19)16(25)23-13-6-4-5-7-14(13)28-18(20,21)22/h4-10,24H,1-3H3,(H,23,25). The van der Waals surface area contributed by atoms with Crippen LogP contribution >= 0.6 is 11.6 Å². The third kappa shape index (κ3) is 6.62. The zero-order valence-corrected chi connectivity index (χ0v) is 17.2. The third-order valence-electron chi connectivity index (χ3n) is 3.28. The van der Waals surface area contributed by atoms with E-state index in [0.717, 1.165) is 12.1 Å². The Morgan fingerprint density at radius 3 is 2.28 bits per heavy atom. The van der Waals surface area contributed by atoms with Crippen molar-refractivity contribution in [2.75, 3.05) is 5.32 Å². The molecule has 2 N–H and O–H groups in total. The number of hydrogen-bond acceptors (Lipinski definition) is 4. The number of halogens is 4. The van der Waals surface area contributed by atoms with Gasteiger partial charge in [0.1, 0.15) is 4.90 Å². The first-order valence-corrected chi connectivity index (χ1v) is 10.0. The Labute approximate surface area is 171 Å². The topological polar surface area (TPSA) is 84.5 Å². The number of sulfonamides is 1. The van der Waals surface area contributed by atoms with Gasteiger partial charge < -0.3 is 10.1 Å². The second-order valence-electron chi connectivity index (χ2n) is 7.00. The first-order chi connectivity index (χ1) is 13.2. The van der Waals surface area contributed by atoms with Gasteiger partial charge in [-0.3, -0.25) is 4.79 Å². The van der Waals surface area contributed by atoms with E-state index in [4.69, 9.17) is 11.6 Å². The average molecular weight is 451 g/mol. The van der Waals surface area contributed by atoms with Gasteiger partial charge in [0, 0.05) is 11.1 Å². The second-order valence-corrected chi connectivity index (χ2v) is 9.06. The van der Waals surface area contributed by atoms with Crippen LogP contribution < -0.4 is 14.8 Å². The summed E-state index contributed by atoms with van der Waals surface area (Å²) in [7, 11) is -4.05. The Kier molecular flexibility index (Phi) is 6.51. The van der Waals surface area contributed by atoms with Crippen LogP contribution in [0.15, 0.2) is 47.4 Å². The van der Waals surface area contributed by atoms with Crippen LogP contribution in [0.1, 0.15) is 31.1 Å². The molecule has 0 spiro atoms. The molecule has 29 heavy (non-hydrogen) atoms. The van der Waals surface area contributed by atoms with Crippen LogP contribution in [0, 0.1) is 0 Å². The molecule has 0 aliphatic heterocycles. The summed E-state index contributed by atoms with van der Waals surface area (Å²) in [6, 6.07) is 8.47. The number of alkyl halides is 3. The van der Waals surface area contributed by atoms with Gasteiger partial charge in [0.15, 0.2) is 5.75 Å². The largest absolute Gasteiger partial charge is 0.573 e. The molecule has 11 heteroatoms. The van der Waals surface area contributed by atoms with Gasteiger partial charge in [-0.1, -0.05) is 23.7 Å². The van der Waals surface area contributed by atoms with Crippen molar-refractivity contribution < 1.29 is 31.1 Å². The van der Waals surface area contributed by atoms with Crippen molar-refractivity contribution in [1.29, 1.82) is 0 Å². The number of carbonyl (C=O) groups is 1. The molecular weight excluding hydrogens is 433 g/mol. The number of anilines is 1. The quantitative estimate of drug-likeness (QED) is 0.699. The Balaban J connectivity index is 2.35. The molecule has 2 aromatic rings. The summed E-state index contributed by atoms with van der Waals surface area (Å²) in [5.41, 5.74) is -1.15. The lowest BCUT2D eigenvalue weighted by molar-refractivity contribution is -0.274. The van der Waals surface area contributed by atoms with E-state index in [1.807, 2.05) is 0 Å². The zero-order chi connectivity index (χ0) is 22.0. The molecule has 0 saturated heterocycles.